The lowest BCUT2D eigenvalue weighted by Crippen LogP contribution is -2.53. The van der Waals surface area contributed by atoms with E-state index >= 15 is 0 Å². The van der Waals surface area contributed by atoms with Crippen molar-refractivity contribution >= 4 is 35.8 Å². The number of pyridine rings is 1. The van der Waals surface area contributed by atoms with E-state index in [-0.39, 0.29) is 24.0 Å². The summed E-state index contributed by atoms with van der Waals surface area (Å²) in [6.45, 7) is 7.40. The molecular weight excluding hydrogens is 431 g/mol. The third-order valence-corrected chi connectivity index (χ3v) is 4.22. The van der Waals surface area contributed by atoms with Crippen LogP contribution < -0.4 is 10.2 Å². The van der Waals surface area contributed by atoms with Crippen LogP contribution in [0.2, 0.25) is 0 Å². The van der Waals surface area contributed by atoms with Crippen molar-refractivity contribution in [3.05, 3.63) is 24.4 Å². The standard InChI is InChI=1S/C17H30N6O.HI/c1-18-17(20-8-9-21(2)14-15-24-3)23-12-10-22(11-13-23)16-6-4-5-7-19-16;/h4-7H,8-15H2,1-3H3,(H,18,20);1H. The predicted octanol–water partition coefficient (Wildman–Crippen LogP) is 0.975. The van der Waals surface area contributed by atoms with Gasteiger partial charge >= 0.3 is 0 Å². The van der Waals surface area contributed by atoms with Crippen LogP contribution in [0, 0.1) is 0 Å². The number of ether oxygens (including phenoxy) is 1. The number of guanidine groups is 1. The highest BCUT2D eigenvalue weighted by atomic mass is 127. The van der Waals surface area contributed by atoms with Gasteiger partial charge in [-0.3, -0.25) is 4.99 Å². The number of anilines is 1. The third-order valence-electron chi connectivity index (χ3n) is 4.22. The fourth-order valence-corrected chi connectivity index (χ4v) is 2.74. The number of piperazine rings is 1. The lowest BCUT2D eigenvalue weighted by atomic mass is 10.3. The molecule has 0 aliphatic carbocycles. The highest BCUT2D eigenvalue weighted by molar-refractivity contribution is 14.0. The normalized spacial score (nSPS) is 15.3. The molecule has 1 aromatic rings. The average molecular weight is 462 g/mol. The topological polar surface area (TPSA) is 56.2 Å². The number of methoxy groups -OCH3 is 1. The van der Waals surface area contributed by atoms with E-state index in [1.54, 1.807) is 7.11 Å². The van der Waals surface area contributed by atoms with Gasteiger partial charge in [0.25, 0.3) is 0 Å². The van der Waals surface area contributed by atoms with Gasteiger partial charge in [0.1, 0.15) is 5.82 Å². The van der Waals surface area contributed by atoms with Gasteiger partial charge in [-0.25, -0.2) is 4.98 Å². The summed E-state index contributed by atoms with van der Waals surface area (Å²) in [4.78, 5) is 15.7. The van der Waals surface area contributed by atoms with Crippen LogP contribution >= 0.6 is 24.0 Å². The van der Waals surface area contributed by atoms with Crippen molar-refractivity contribution in [3.8, 4) is 0 Å². The first-order chi connectivity index (χ1) is 11.7. The minimum absolute atomic E-state index is 0. The summed E-state index contributed by atoms with van der Waals surface area (Å²) in [5.41, 5.74) is 0. The van der Waals surface area contributed by atoms with E-state index < -0.39 is 0 Å². The van der Waals surface area contributed by atoms with Crippen LogP contribution in [0.1, 0.15) is 0 Å². The van der Waals surface area contributed by atoms with Crippen molar-refractivity contribution in [1.29, 1.82) is 0 Å². The van der Waals surface area contributed by atoms with E-state index in [0.717, 1.165) is 64.2 Å². The Balaban J connectivity index is 0.00000312. The highest BCUT2D eigenvalue weighted by Crippen LogP contribution is 2.12. The maximum absolute atomic E-state index is 5.10. The van der Waals surface area contributed by atoms with Gasteiger partial charge in [-0.15, -0.1) is 24.0 Å². The first-order valence-electron chi connectivity index (χ1n) is 8.53. The van der Waals surface area contributed by atoms with Gasteiger partial charge in [0.15, 0.2) is 5.96 Å². The van der Waals surface area contributed by atoms with Crippen molar-refractivity contribution in [1.82, 2.24) is 20.1 Å². The molecule has 0 radical (unpaired) electrons. The van der Waals surface area contributed by atoms with Crippen LogP contribution in [0.5, 0.6) is 0 Å². The Bertz CT molecular complexity index is 493. The smallest absolute Gasteiger partial charge is 0.193 e. The molecule has 8 heteroatoms. The Labute approximate surface area is 168 Å². The molecule has 0 bridgehead atoms. The molecular formula is C17H31IN6O. The van der Waals surface area contributed by atoms with Crippen molar-refractivity contribution in [2.24, 2.45) is 4.99 Å². The quantitative estimate of drug-likeness (QED) is 0.371. The second kappa shape index (κ2) is 12.3. The molecule has 1 aromatic heterocycles. The van der Waals surface area contributed by atoms with Crippen molar-refractivity contribution in [3.63, 3.8) is 0 Å². The molecule has 0 spiro atoms. The molecule has 2 rings (SSSR count). The van der Waals surface area contributed by atoms with Gasteiger partial charge in [0.2, 0.25) is 0 Å². The molecule has 0 atom stereocenters. The van der Waals surface area contributed by atoms with E-state index in [1.165, 1.54) is 0 Å². The lowest BCUT2D eigenvalue weighted by molar-refractivity contribution is 0.162. The molecule has 25 heavy (non-hydrogen) atoms. The number of aliphatic imine (C=N–C) groups is 1. The fraction of sp³-hybridized carbons (Fsp3) is 0.647. The van der Waals surface area contributed by atoms with E-state index in [4.69, 9.17) is 4.74 Å². The molecule has 1 aliphatic heterocycles. The Hall–Kier alpha value is -1.13. The predicted molar refractivity (Wildman–Crippen MR) is 114 cm³/mol. The summed E-state index contributed by atoms with van der Waals surface area (Å²) >= 11 is 0. The zero-order valence-electron chi connectivity index (χ0n) is 15.5. The van der Waals surface area contributed by atoms with Gasteiger partial charge in [-0.2, -0.15) is 0 Å². The van der Waals surface area contributed by atoms with Gasteiger partial charge in [0.05, 0.1) is 6.61 Å². The fourth-order valence-electron chi connectivity index (χ4n) is 2.74. The van der Waals surface area contributed by atoms with Crippen LogP contribution in [0.25, 0.3) is 0 Å². The molecule has 1 fully saturated rings. The van der Waals surface area contributed by atoms with Crippen molar-refractivity contribution in [2.75, 3.05) is 78.5 Å². The summed E-state index contributed by atoms with van der Waals surface area (Å²) in [5.74, 6) is 2.04. The van der Waals surface area contributed by atoms with Crippen LogP contribution in [-0.2, 0) is 4.74 Å². The lowest BCUT2D eigenvalue weighted by Gasteiger charge is -2.37. The monoisotopic (exact) mass is 462 g/mol. The maximum atomic E-state index is 5.10. The molecule has 1 saturated heterocycles. The highest BCUT2D eigenvalue weighted by Gasteiger charge is 2.20. The van der Waals surface area contributed by atoms with Crippen molar-refractivity contribution in [2.45, 2.75) is 0 Å². The third kappa shape index (κ3) is 7.33. The van der Waals surface area contributed by atoms with Crippen molar-refractivity contribution < 1.29 is 4.74 Å². The zero-order chi connectivity index (χ0) is 17.2. The molecule has 0 amide bonds. The summed E-state index contributed by atoms with van der Waals surface area (Å²) in [7, 11) is 5.69. The Morgan fingerprint density at radius 3 is 2.64 bits per heavy atom. The van der Waals surface area contributed by atoms with Gasteiger partial charge in [0, 0.05) is 66.2 Å². The zero-order valence-corrected chi connectivity index (χ0v) is 17.8. The summed E-state index contributed by atoms with van der Waals surface area (Å²) in [6.07, 6.45) is 1.85. The Kier molecular flexibility index (Phi) is 10.7. The molecule has 1 aliphatic rings. The van der Waals surface area contributed by atoms with Crippen LogP contribution in [0.4, 0.5) is 5.82 Å². The van der Waals surface area contributed by atoms with E-state index in [1.807, 2.05) is 25.4 Å². The second-order valence-electron chi connectivity index (χ2n) is 5.93. The molecule has 0 saturated carbocycles. The summed E-state index contributed by atoms with van der Waals surface area (Å²) < 4.78 is 5.10. The second-order valence-corrected chi connectivity index (χ2v) is 5.93. The molecule has 7 nitrogen and oxygen atoms in total. The average Bonchev–Trinajstić information content (AvgIpc) is 2.64. The van der Waals surface area contributed by atoms with E-state index in [9.17, 15) is 0 Å². The Morgan fingerprint density at radius 1 is 1.28 bits per heavy atom. The van der Waals surface area contributed by atoms with Crippen LogP contribution in [0.15, 0.2) is 29.4 Å². The molecule has 142 valence electrons. The van der Waals surface area contributed by atoms with E-state index in [2.05, 4.69) is 43.1 Å². The van der Waals surface area contributed by atoms with Gasteiger partial charge in [-0.1, -0.05) is 6.07 Å². The first-order valence-corrected chi connectivity index (χ1v) is 8.53. The van der Waals surface area contributed by atoms with Crippen LogP contribution in [-0.4, -0.2) is 94.4 Å². The minimum Gasteiger partial charge on any atom is -0.383 e. The number of likely N-dealkylation sites (N-methyl/N-ethyl adjacent to an activating group) is 1. The van der Waals surface area contributed by atoms with Crippen LogP contribution in [0.3, 0.4) is 0 Å². The SMILES string of the molecule is CN=C(NCCN(C)CCOC)N1CCN(c2ccccn2)CC1.I. The number of nitrogens with one attached hydrogen (secondary N) is 1. The molecule has 1 N–H and O–H groups in total. The summed E-state index contributed by atoms with van der Waals surface area (Å²) in [5, 5.41) is 3.46. The molecule has 0 aromatic carbocycles. The summed E-state index contributed by atoms with van der Waals surface area (Å²) in [6, 6.07) is 6.06. The van der Waals surface area contributed by atoms with E-state index in [0.29, 0.717) is 0 Å². The van der Waals surface area contributed by atoms with Gasteiger partial charge in [-0.05, 0) is 19.2 Å². The number of nitrogens with zero attached hydrogens (tertiary/aromatic N) is 5. The molecule has 0 unspecified atom stereocenters. The minimum atomic E-state index is 0. The number of aromatic nitrogens is 1. The number of hydrogen-bond donors (Lipinski definition) is 1. The largest absolute Gasteiger partial charge is 0.383 e. The number of rotatable bonds is 7. The van der Waals surface area contributed by atoms with Gasteiger partial charge < -0.3 is 24.8 Å². The number of halogens is 1. The molecule has 2 heterocycles. The number of hydrogen-bond acceptors (Lipinski definition) is 5. The Morgan fingerprint density at radius 2 is 2.04 bits per heavy atom. The maximum Gasteiger partial charge on any atom is 0.193 e. The first kappa shape index (κ1) is 21.9.